The molecule has 0 fully saturated rings. The van der Waals surface area contributed by atoms with Gasteiger partial charge in [-0.2, -0.15) is 0 Å². The summed E-state index contributed by atoms with van der Waals surface area (Å²) < 4.78 is 27.4. The first kappa shape index (κ1) is 13.8. The van der Waals surface area contributed by atoms with Gasteiger partial charge in [-0.3, -0.25) is 4.79 Å². The van der Waals surface area contributed by atoms with E-state index in [1.165, 1.54) is 25.3 Å². The largest absolute Gasteiger partial charge is 0.495 e. The van der Waals surface area contributed by atoms with Crippen LogP contribution in [0.2, 0.25) is 0 Å². The van der Waals surface area contributed by atoms with Gasteiger partial charge in [0.05, 0.1) is 7.11 Å². The molecule has 1 amide bonds. The third kappa shape index (κ3) is 3.58. The number of primary sulfonamides is 1. The number of sulfonamides is 1. The molecule has 0 saturated heterocycles. The second-order valence-electron chi connectivity index (χ2n) is 3.09. The van der Waals surface area contributed by atoms with Crippen LogP contribution >= 0.6 is 11.6 Å². The van der Waals surface area contributed by atoms with E-state index in [4.69, 9.17) is 21.5 Å². The van der Waals surface area contributed by atoms with Crippen LogP contribution in [-0.2, 0) is 14.8 Å². The molecule has 0 aliphatic rings. The minimum atomic E-state index is -3.92. The zero-order chi connectivity index (χ0) is 13.1. The Bertz CT molecular complexity index is 530. The summed E-state index contributed by atoms with van der Waals surface area (Å²) in [6, 6.07) is 4.08. The number of halogens is 1. The van der Waals surface area contributed by atoms with Gasteiger partial charge >= 0.3 is 0 Å². The standard InChI is InChI=1S/C9H11ClN2O4S/c1-16-7-3-2-6(12-9(13)5-10)4-8(7)17(11,14)15/h2-4H,5H2,1H3,(H,12,13)(H2,11,14,15). The van der Waals surface area contributed by atoms with E-state index in [1.807, 2.05) is 0 Å². The molecule has 94 valence electrons. The second-order valence-corrected chi connectivity index (χ2v) is 4.89. The minimum Gasteiger partial charge on any atom is -0.495 e. The average molecular weight is 279 g/mol. The molecule has 0 aliphatic heterocycles. The van der Waals surface area contributed by atoms with Gasteiger partial charge < -0.3 is 10.1 Å². The number of rotatable bonds is 4. The summed E-state index contributed by atoms with van der Waals surface area (Å²) in [7, 11) is -2.60. The molecule has 0 atom stereocenters. The van der Waals surface area contributed by atoms with Crippen molar-refractivity contribution in [3.63, 3.8) is 0 Å². The lowest BCUT2D eigenvalue weighted by Crippen LogP contribution is -2.16. The third-order valence-corrected chi connectivity index (χ3v) is 3.05. The molecular formula is C9H11ClN2O4S. The lowest BCUT2D eigenvalue weighted by Gasteiger charge is -2.09. The number of ether oxygens (including phenoxy) is 1. The quantitative estimate of drug-likeness (QED) is 0.785. The molecule has 0 spiro atoms. The van der Waals surface area contributed by atoms with Gasteiger partial charge in [-0.1, -0.05) is 0 Å². The van der Waals surface area contributed by atoms with Gasteiger partial charge in [0.15, 0.2) is 0 Å². The zero-order valence-electron chi connectivity index (χ0n) is 8.94. The first-order valence-electron chi connectivity index (χ1n) is 4.45. The Balaban J connectivity index is 3.19. The van der Waals surface area contributed by atoms with E-state index >= 15 is 0 Å². The summed E-state index contributed by atoms with van der Waals surface area (Å²) >= 11 is 5.31. The fourth-order valence-electron chi connectivity index (χ4n) is 1.17. The summed E-state index contributed by atoms with van der Waals surface area (Å²) in [5.41, 5.74) is 0.278. The maximum absolute atomic E-state index is 11.3. The van der Waals surface area contributed by atoms with E-state index < -0.39 is 15.9 Å². The van der Waals surface area contributed by atoms with Crippen molar-refractivity contribution in [3.05, 3.63) is 18.2 Å². The Kier molecular flexibility index (Phi) is 4.33. The van der Waals surface area contributed by atoms with Crippen molar-refractivity contribution in [1.29, 1.82) is 0 Å². The van der Waals surface area contributed by atoms with Crippen LogP contribution in [0.5, 0.6) is 5.75 Å². The number of hydrogen-bond donors (Lipinski definition) is 2. The van der Waals surface area contributed by atoms with Crippen LogP contribution in [0.1, 0.15) is 0 Å². The molecule has 1 rings (SSSR count). The smallest absolute Gasteiger partial charge is 0.241 e. The van der Waals surface area contributed by atoms with E-state index in [0.717, 1.165) is 0 Å². The maximum Gasteiger partial charge on any atom is 0.241 e. The van der Waals surface area contributed by atoms with Gasteiger partial charge in [0.1, 0.15) is 16.5 Å². The summed E-state index contributed by atoms with van der Waals surface area (Å²) in [6.45, 7) is 0. The minimum absolute atomic E-state index is 0.108. The Morgan fingerprint density at radius 3 is 2.65 bits per heavy atom. The Hall–Kier alpha value is -1.31. The molecule has 6 nitrogen and oxygen atoms in total. The Morgan fingerprint density at radius 1 is 1.53 bits per heavy atom. The van der Waals surface area contributed by atoms with E-state index in [1.54, 1.807) is 0 Å². The second kappa shape index (κ2) is 5.35. The number of anilines is 1. The molecule has 0 saturated carbocycles. The van der Waals surface area contributed by atoms with Crippen molar-refractivity contribution in [2.24, 2.45) is 5.14 Å². The summed E-state index contributed by atoms with van der Waals surface area (Å²) in [6.07, 6.45) is 0. The highest BCUT2D eigenvalue weighted by molar-refractivity contribution is 7.89. The molecular weight excluding hydrogens is 268 g/mol. The lowest BCUT2D eigenvalue weighted by atomic mass is 10.3. The van der Waals surface area contributed by atoms with Gasteiger partial charge in [0.25, 0.3) is 0 Å². The average Bonchev–Trinajstić information content (AvgIpc) is 2.27. The van der Waals surface area contributed by atoms with Crippen molar-refractivity contribution in [3.8, 4) is 5.75 Å². The molecule has 0 bridgehead atoms. The van der Waals surface area contributed by atoms with Gasteiger partial charge in [0.2, 0.25) is 15.9 Å². The van der Waals surface area contributed by atoms with Crippen LogP contribution in [0, 0.1) is 0 Å². The van der Waals surface area contributed by atoms with Crippen LogP contribution in [0.15, 0.2) is 23.1 Å². The number of hydrogen-bond acceptors (Lipinski definition) is 4. The van der Waals surface area contributed by atoms with Crippen LogP contribution < -0.4 is 15.2 Å². The molecule has 3 N–H and O–H groups in total. The summed E-state index contributed by atoms with van der Waals surface area (Å²) in [4.78, 5) is 10.8. The maximum atomic E-state index is 11.3. The van der Waals surface area contributed by atoms with Crippen LogP contribution in [0.25, 0.3) is 0 Å². The SMILES string of the molecule is COc1ccc(NC(=O)CCl)cc1S(N)(=O)=O. The van der Waals surface area contributed by atoms with Crippen molar-refractivity contribution >= 4 is 33.2 Å². The van der Waals surface area contributed by atoms with Crippen LogP contribution in [0.4, 0.5) is 5.69 Å². The third-order valence-electron chi connectivity index (χ3n) is 1.88. The molecule has 1 aromatic rings. The first-order valence-corrected chi connectivity index (χ1v) is 6.53. The first-order chi connectivity index (χ1) is 7.88. The molecule has 0 unspecified atom stereocenters. The molecule has 0 heterocycles. The molecule has 1 aromatic carbocycles. The highest BCUT2D eigenvalue weighted by atomic mass is 35.5. The van der Waals surface area contributed by atoms with Crippen LogP contribution in [0.3, 0.4) is 0 Å². The van der Waals surface area contributed by atoms with E-state index in [2.05, 4.69) is 5.32 Å². The topological polar surface area (TPSA) is 98.5 Å². The molecule has 0 radical (unpaired) electrons. The number of carbonyl (C=O) groups excluding carboxylic acids is 1. The lowest BCUT2D eigenvalue weighted by molar-refractivity contribution is -0.113. The van der Waals surface area contributed by atoms with E-state index in [9.17, 15) is 13.2 Å². The predicted molar refractivity (Wildman–Crippen MR) is 63.7 cm³/mol. The van der Waals surface area contributed by atoms with Gasteiger partial charge in [0, 0.05) is 5.69 Å². The molecule has 0 aromatic heterocycles. The fraction of sp³-hybridized carbons (Fsp3) is 0.222. The number of amides is 1. The normalized spacial score (nSPS) is 11.0. The summed E-state index contributed by atoms with van der Waals surface area (Å²) in [5, 5.41) is 7.43. The number of nitrogens with two attached hydrogens (primary N) is 1. The van der Waals surface area contributed by atoms with Crippen molar-refractivity contribution in [2.75, 3.05) is 18.3 Å². The zero-order valence-corrected chi connectivity index (χ0v) is 10.5. The van der Waals surface area contributed by atoms with Crippen molar-refractivity contribution < 1.29 is 17.9 Å². The predicted octanol–water partition coefficient (Wildman–Crippen LogP) is 0.520. The monoisotopic (exact) mass is 278 g/mol. The van der Waals surface area contributed by atoms with Gasteiger partial charge in [-0.15, -0.1) is 11.6 Å². The number of benzene rings is 1. The Morgan fingerprint density at radius 2 is 2.18 bits per heavy atom. The molecule has 0 aliphatic carbocycles. The van der Waals surface area contributed by atoms with Gasteiger partial charge in [-0.25, -0.2) is 13.6 Å². The highest BCUT2D eigenvalue weighted by Gasteiger charge is 2.16. The highest BCUT2D eigenvalue weighted by Crippen LogP contribution is 2.25. The number of alkyl halides is 1. The molecule has 17 heavy (non-hydrogen) atoms. The fourth-order valence-corrected chi connectivity index (χ4v) is 1.96. The number of methoxy groups -OCH3 is 1. The number of carbonyl (C=O) groups is 1. The van der Waals surface area contributed by atoms with Crippen molar-refractivity contribution in [1.82, 2.24) is 0 Å². The van der Waals surface area contributed by atoms with Crippen LogP contribution in [-0.4, -0.2) is 27.3 Å². The number of nitrogens with one attached hydrogen (secondary N) is 1. The van der Waals surface area contributed by atoms with E-state index in [-0.39, 0.29) is 22.2 Å². The van der Waals surface area contributed by atoms with E-state index in [0.29, 0.717) is 0 Å². The van der Waals surface area contributed by atoms with Gasteiger partial charge in [-0.05, 0) is 18.2 Å². The Labute approximate surface area is 104 Å². The molecule has 8 heteroatoms. The summed E-state index contributed by atoms with van der Waals surface area (Å²) in [5.74, 6) is -0.565. The van der Waals surface area contributed by atoms with Crippen molar-refractivity contribution in [2.45, 2.75) is 4.90 Å².